The fourth-order valence-electron chi connectivity index (χ4n) is 7.04. The Kier molecular flexibility index (Phi) is 29.5. The van der Waals surface area contributed by atoms with Crippen molar-refractivity contribution >= 4 is 5.97 Å². The minimum Gasteiger partial charge on any atom is -0.466 e. The molecule has 0 bridgehead atoms. The van der Waals surface area contributed by atoms with Crippen LogP contribution in [0, 0.1) is 11.8 Å². The van der Waals surface area contributed by atoms with E-state index in [1.807, 2.05) is 7.11 Å². The molecule has 0 aliphatic carbocycles. The average Bonchev–Trinajstić information content (AvgIpc) is 3.01. The Morgan fingerprint density at radius 1 is 0.558 bits per heavy atom. The van der Waals surface area contributed by atoms with Gasteiger partial charge in [-0.15, -0.1) is 0 Å². The first-order chi connectivity index (χ1) is 21.2. The van der Waals surface area contributed by atoms with Gasteiger partial charge >= 0.3 is 5.97 Å². The van der Waals surface area contributed by atoms with Crippen molar-refractivity contribution < 1.29 is 14.3 Å². The van der Waals surface area contributed by atoms with E-state index in [1.165, 1.54) is 187 Å². The molecule has 256 valence electrons. The summed E-state index contributed by atoms with van der Waals surface area (Å²) in [7, 11) is 1.81. The Hall–Kier alpha value is -0.610. The van der Waals surface area contributed by atoms with Gasteiger partial charge in [-0.05, 0) is 82.8 Å². The van der Waals surface area contributed by atoms with Gasteiger partial charge in [0.25, 0.3) is 0 Å². The van der Waals surface area contributed by atoms with Gasteiger partial charge < -0.3 is 14.4 Å². The first kappa shape index (κ1) is 40.4. The number of carbonyl (C=O) groups is 1. The summed E-state index contributed by atoms with van der Waals surface area (Å²) in [6.45, 7) is 10.1. The quantitative estimate of drug-likeness (QED) is 0.0563. The molecular weight excluding hydrogens is 530 g/mol. The molecule has 4 nitrogen and oxygen atoms in total. The second-order valence-electron chi connectivity index (χ2n) is 14.0. The maximum atomic E-state index is 12.5. The second kappa shape index (κ2) is 31.4. The van der Waals surface area contributed by atoms with E-state index in [0.717, 1.165) is 18.9 Å². The van der Waals surface area contributed by atoms with E-state index in [0.29, 0.717) is 18.9 Å². The monoisotopic (exact) mass is 608 g/mol. The molecule has 0 amide bonds. The molecule has 1 fully saturated rings. The van der Waals surface area contributed by atoms with Gasteiger partial charge in [-0.2, -0.15) is 0 Å². The van der Waals surface area contributed by atoms with Crippen LogP contribution in [0.1, 0.15) is 194 Å². The van der Waals surface area contributed by atoms with Gasteiger partial charge in [0.1, 0.15) is 0 Å². The highest BCUT2D eigenvalue weighted by atomic mass is 16.5. The summed E-state index contributed by atoms with van der Waals surface area (Å²) >= 11 is 0. The van der Waals surface area contributed by atoms with E-state index < -0.39 is 0 Å². The molecule has 1 aliphatic heterocycles. The molecule has 43 heavy (non-hydrogen) atoms. The third-order valence-corrected chi connectivity index (χ3v) is 9.90. The van der Waals surface area contributed by atoms with Crippen molar-refractivity contribution in [3.8, 4) is 0 Å². The molecule has 4 heteroatoms. The molecule has 0 aromatic rings. The van der Waals surface area contributed by atoms with E-state index in [4.69, 9.17) is 9.47 Å². The van der Waals surface area contributed by atoms with E-state index >= 15 is 0 Å². The summed E-state index contributed by atoms with van der Waals surface area (Å²) in [5, 5.41) is 0. The third-order valence-electron chi connectivity index (χ3n) is 9.90. The Balaban J connectivity index is 2.15. The minimum atomic E-state index is 0.0513. The summed E-state index contributed by atoms with van der Waals surface area (Å²) in [5.74, 6) is 1.52. The van der Waals surface area contributed by atoms with Crippen LogP contribution in [0.4, 0.5) is 0 Å². The highest BCUT2D eigenvalue weighted by Crippen LogP contribution is 2.25. The van der Waals surface area contributed by atoms with E-state index in [1.54, 1.807) is 0 Å². The summed E-state index contributed by atoms with van der Waals surface area (Å²) in [5.41, 5.74) is 0. The summed E-state index contributed by atoms with van der Waals surface area (Å²) in [6.07, 6.45) is 36.4. The van der Waals surface area contributed by atoms with Crippen LogP contribution in [0.2, 0.25) is 0 Å². The number of likely N-dealkylation sites (tertiary alicyclic amines) is 1. The van der Waals surface area contributed by atoms with Gasteiger partial charge in [0.15, 0.2) is 0 Å². The van der Waals surface area contributed by atoms with Crippen LogP contribution in [0.25, 0.3) is 0 Å². The predicted octanol–water partition coefficient (Wildman–Crippen LogP) is 11.7. The largest absolute Gasteiger partial charge is 0.466 e. The number of carbonyl (C=O) groups excluding carboxylic acids is 1. The standard InChI is InChI=1S/C39H77NO3/c1-4-6-17-28-38(29-18-7-5-2)36-39(41)43-35-24-15-11-9-13-20-27-37(26-19-12-8-10-14-23-34-42-3)30-25-33-40-31-21-16-22-32-40/h37-38H,4-36H2,1-3H3. The zero-order valence-electron chi connectivity index (χ0n) is 29.7. The fraction of sp³-hybridized carbons (Fsp3) is 0.974. The SMILES string of the molecule is CCCCCC(CCCCC)CC(=O)OCCCCCCCCC(CCCCCCCCOC)CCCN1CCCCC1. The lowest BCUT2D eigenvalue weighted by atomic mass is 9.90. The van der Waals surface area contributed by atoms with E-state index in [-0.39, 0.29) is 5.97 Å². The van der Waals surface area contributed by atoms with Crippen molar-refractivity contribution in [2.45, 2.75) is 194 Å². The van der Waals surface area contributed by atoms with Crippen LogP contribution in [-0.2, 0) is 14.3 Å². The number of ether oxygens (including phenoxy) is 2. The normalized spacial score (nSPS) is 14.9. The number of rotatable bonds is 32. The highest BCUT2D eigenvalue weighted by molar-refractivity contribution is 5.69. The molecule has 0 saturated carbocycles. The fourth-order valence-corrected chi connectivity index (χ4v) is 7.04. The lowest BCUT2D eigenvalue weighted by Gasteiger charge is -2.27. The molecule has 1 saturated heterocycles. The molecule has 0 spiro atoms. The molecule has 1 atom stereocenters. The van der Waals surface area contributed by atoms with Crippen molar-refractivity contribution in [3.63, 3.8) is 0 Å². The number of unbranched alkanes of at least 4 members (excludes halogenated alkanes) is 14. The van der Waals surface area contributed by atoms with Crippen LogP contribution in [0.15, 0.2) is 0 Å². The lowest BCUT2D eigenvalue weighted by Crippen LogP contribution is -2.30. The number of nitrogens with zero attached hydrogens (tertiary/aromatic N) is 1. The van der Waals surface area contributed by atoms with Crippen molar-refractivity contribution in [2.24, 2.45) is 11.8 Å². The van der Waals surface area contributed by atoms with Crippen LogP contribution in [0.3, 0.4) is 0 Å². The van der Waals surface area contributed by atoms with E-state index in [9.17, 15) is 4.79 Å². The lowest BCUT2D eigenvalue weighted by molar-refractivity contribution is -0.145. The van der Waals surface area contributed by atoms with Crippen LogP contribution >= 0.6 is 0 Å². The average molecular weight is 608 g/mol. The number of piperidine rings is 1. The molecule has 0 aromatic carbocycles. The van der Waals surface area contributed by atoms with Crippen LogP contribution < -0.4 is 0 Å². The summed E-state index contributed by atoms with van der Waals surface area (Å²) in [4.78, 5) is 15.2. The zero-order chi connectivity index (χ0) is 31.1. The van der Waals surface area contributed by atoms with Gasteiger partial charge in [0.2, 0.25) is 0 Å². The van der Waals surface area contributed by atoms with Gasteiger partial charge in [-0.3, -0.25) is 4.79 Å². The smallest absolute Gasteiger partial charge is 0.306 e. The first-order valence-corrected chi connectivity index (χ1v) is 19.6. The second-order valence-corrected chi connectivity index (χ2v) is 14.0. The predicted molar refractivity (Wildman–Crippen MR) is 187 cm³/mol. The molecule has 1 heterocycles. The Labute approximate surface area is 270 Å². The summed E-state index contributed by atoms with van der Waals surface area (Å²) < 4.78 is 10.8. The Bertz CT molecular complexity index is 567. The first-order valence-electron chi connectivity index (χ1n) is 19.6. The Morgan fingerprint density at radius 3 is 1.58 bits per heavy atom. The minimum absolute atomic E-state index is 0.0513. The summed E-state index contributed by atoms with van der Waals surface area (Å²) in [6, 6.07) is 0. The molecule has 1 aliphatic rings. The number of esters is 1. The van der Waals surface area contributed by atoms with Crippen LogP contribution in [-0.4, -0.2) is 50.8 Å². The number of hydrogen-bond acceptors (Lipinski definition) is 4. The van der Waals surface area contributed by atoms with Gasteiger partial charge in [-0.1, -0.05) is 136 Å². The molecule has 0 N–H and O–H groups in total. The van der Waals surface area contributed by atoms with Gasteiger partial charge in [0.05, 0.1) is 6.61 Å². The van der Waals surface area contributed by atoms with Crippen molar-refractivity contribution in [2.75, 3.05) is 40.0 Å². The molecule has 1 rings (SSSR count). The van der Waals surface area contributed by atoms with Crippen molar-refractivity contribution in [1.82, 2.24) is 4.90 Å². The van der Waals surface area contributed by atoms with Gasteiger partial charge in [-0.25, -0.2) is 0 Å². The topological polar surface area (TPSA) is 38.8 Å². The van der Waals surface area contributed by atoms with Crippen molar-refractivity contribution in [1.29, 1.82) is 0 Å². The van der Waals surface area contributed by atoms with Crippen LogP contribution in [0.5, 0.6) is 0 Å². The number of hydrogen-bond donors (Lipinski definition) is 0. The molecule has 1 unspecified atom stereocenters. The molecule has 0 aromatic heterocycles. The molecule has 0 radical (unpaired) electrons. The maximum absolute atomic E-state index is 12.5. The van der Waals surface area contributed by atoms with E-state index in [2.05, 4.69) is 18.7 Å². The van der Waals surface area contributed by atoms with Gasteiger partial charge in [0, 0.05) is 20.1 Å². The maximum Gasteiger partial charge on any atom is 0.306 e. The zero-order valence-corrected chi connectivity index (χ0v) is 29.7. The Morgan fingerprint density at radius 2 is 1.02 bits per heavy atom. The highest BCUT2D eigenvalue weighted by Gasteiger charge is 2.15. The third kappa shape index (κ3) is 26.3. The van der Waals surface area contributed by atoms with Crippen molar-refractivity contribution in [3.05, 3.63) is 0 Å². The number of methoxy groups -OCH3 is 1. The molecular formula is C39H77NO3.